The van der Waals surface area contributed by atoms with Crippen LogP contribution in [0.15, 0.2) is 200 Å². The first-order chi connectivity index (χ1) is 27.7. The summed E-state index contributed by atoms with van der Waals surface area (Å²) in [6, 6.07) is 67.5. The first kappa shape index (κ1) is 32.0. The quantitative estimate of drug-likeness (QED) is 0.161. The van der Waals surface area contributed by atoms with Crippen LogP contribution in [0.1, 0.15) is 0 Å². The number of hydrogen-bond donors (Lipinski definition) is 0. The summed E-state index contributed by atoms with van der Waals surface area (Å²) in [4.78, 5) is 14.8. The van der Waals surface area contributed by atoms with Gasteiger partial charge in [-0.2, -0.15) is 0 Å². The summed E-state index contributed by atoms with van der Waals surface area (Å²) < 4.78 is 0. The van der Waals surface area contributed by atoms with Gasteiger partial charge in [-0.15, -0.1) is 0 Å². The second-order valence-corrected chi connectivity index (χ2v) is 14.4. The second kappa shape index (κ2) is 13.1. The van der Waals surface area contributed by atoms with Gasteiger partial charge in [0.15, 0.2) is 5.82 Å². The molecule has 0 spiro atoms. The Hall–Kier alpha value is -7.49. The highest BCUT2D eigenvalue weighted by atomic mass is 14.9. The fourth-order valence-electron chi connectivity index (χ4n) is 8.39. The minimum atomic E-state index is 0.689. The largest absolute Gasteiger partial charge is 0.264 e. The zero-order valence-corrected chi connectivity index (χ0v) is 30.4. The van der Waals surface area contributed by atoms with Crippen molar-refractivity contribution in [3.8, 4) is 67.3 Å². The van der Waals surface area contributed by atoms with E-state index in [0.29, 0.717) is 5.82 Å². The summed E-state index contributed by atoms with van der Waals surface area (Å²) >= 11 is 0. The molecule has 2 aromatic heterocycles. The van der Waals surface area contributed by atoms with Gasteiger partial charge in [0, 0.05) is 29.1 Å². The van der Waals surface area contributed by atoms with Crippen molar-refractivity contribution in [3.63, 3.8) is 0 Å². The van der Waals surface area contributed by atoms with Crippen LogP contribution in [0.25, 0.3) is 110 Å². The molecule has 0 fully saturated rings. The maximum absolute atomic E-state index is 5.32. The summed E-state index contributed by atoms with van der Waals surface area (Å²) in [5, 5.41) is 10.1. The lowest BCUT2D eigenvalue weighted by Crippen LogP contribution is -1.97. The standard InChI is InChI=1S/C53H33N3/c1-2-11-39(12-3-1)53-55-49(36-23-21-34(22-24-36)41-17-9-27-54-33-41)32-50(56-53)44-29-42(46-19-7-13-35-10-4-5-18-45(35)46)28-43(30-44)48-31-40-16-6-14-37-25-26-38-15-8-20-47(48)52(38)51(37)40/h1-33H. The minimum Gasteiger partial charge on any atom is -0.264 e. The van der Waals surface area contributed by atoms with E-state index < -0.39 is 0 Å². The number of hydrogen-bond acceptors (Lipinski definition) is 3. The number of benzene rings is 9. The number of rotatable bonds is 6. The predicted octanol–water partition coefficient (Wildman–Crippen LogP) is 13.9. The molecule has 0 bridgehead atoms. The van der Waals surface area contributed by atoms with Gasteiger partial charge in [-0.3, -0.25) is 4.98 Å². The van der Waals surface area contributed by atoms with Crippen LogP contribution in [-0.4, -0.2) is 15.0 Å². The molecule has 2 heterocycles. The Labute approximate surface area is 324 Å². The van der Waals surface area contributed by atoms with Crippen molar-refractivity contribution in [1.82, 2.24) is 15.0 Å². The molecular formula is C53H33N3. The molecule has 0 unspecified atom stereocenters. The van der Waals surface area contributed by atoms with Crippen molar-refractivity contribution in [2.75, 3.05) is 0 Å². The Morgan fingerprint density at radius 1 is 0.304 bits per heavy atom. The van der Waals surface area contributed by atoms with Crippen molar-refractivity contribution >= 4 is 43.1 Å². The minimum absolute atomic E-state index is 0.689. The molecule has 0 aliphatic carbocycles. The van der Waals surface area contributed by atoms with Gasteiger partial charge in [0.25, 0.3) is 0 Å². The zero-order valence-electron chi connectivity index (χ0n) is 30.4. The summed E-state index contributed by atoms with van der Waals surface area (Å²) in [5.41, 5.74) is 11.6. The monoisotopic (exact) mass is 711 g/mol. The van der Waals surface area contributed by atoms with E-state index in [0.717, 1.165) is 50.3 Å². The van der Waals surface area contributed by atoms with Crippen molar-refractivity contribution in [3.05, 3.63) is 200 Å². The summed E-state index contributed by atoms with van der Waals surface area (Å²) in [6.45, 7) is 0. The van der Waals surface area contributed by atoms with E-state index in [1.54, 1.807) is 6.20 Å². The van der Waals surface area contributed by atoms with E-state index in [-0.39, 0.29) is 0 Å². The van der Waals surface area contributed by atoms with Gasteiger partial charge in [-0.05, 0) is 113 Å². The van der Waals surface area contributed by atoms with Gasteiger partial charge in [-0.1, -0.05) is 152 Å². The lowest BCUT2D eigenvalue weighted by molar-refractivity contribution is 1.18. The molecule has 9 aromatic carbocycles. The van der Waals surface area contributed by atoms with Crippen LogP contribution in [0.3, 0.4) is 0 Å². The maximum Gasteiger partial charge on any atom is 0.160 e. The summed E-state index contributed by atoms with van der Waals surface area (Å²) in [7, 11) is 0. The molecule has 3 nitrogen and oxygen atoms in total. The van der Waals surface area contributed by atoms with Crippen molar-refractivity contribution in [2.24, 2.45) is 0 Å². The average Bonchev–Trinajstić information content (AvgIpc) is 3.28. The van der Waals surface area contributed by atoms with Crippen LogP contribution in [0.2, 0.25) is 0 Å². The van der Waals surface area contributed by atoms with Gasteiger partial charge in [0.05, 0.1) is 11.4 Å². The number of pyridine rings is 1. The Morgan fingerprint density at radius 2 is 0.911 bits per heavy atom. The lowest BCUT2D eigenvalue weighted by Gasteiger charge is -2.17. The third-order valence-corrected chi connectivity index (χ3v) is 11.1. The fraction of sp³-hybridized carbons (Fsp3) is 0. The van der Waals surface area contributed by atoms with E-state index >= 15 is 0 Å². The molecule has 56 heavy (non-hydrogen) atoms. The topological polar surface area (TPSA) is 38.7 Å². The summed E-state index contributed by atoms with van der Waals surface area (Å²) in [5.74, 6) is 0.689. The van der Waals surface area contributed by atoms with Crippen LogP contribution in [-0.2, 0) is 0 Å². The lowest BCUT2D eigenvalue weighted by atomic mass is 9.87. The zero-order chi connectivity index (χ0) is 37.0. The number of aromatic nitrogens is 3. The maximum atomic E-state index is 5.32. The van der Waals surface area contributed by atoms with Gasteiger partial charge in [0.1, 0.15) is 0 Å². The molecule has 0 saturated carbocycles. The smallest absolute Gasteiger partial charge is 0.160 e. The predicted molar refractivity (Wildman–Crippen MR) is 234 cm³/mol. The molecule has 260 valence electrons. The highest BCUT2D eigenvalue weighted by Crippen LogP contribution is 2.43. The number of nitrogens with zero attached hydrogens (tertiary/aromatic N) is 3. The Morgan fingerprint density at radius 3 is 1.73 bits per heavy atom. The molecular weight excluding hydrogens is 679 g/mol. The van der Waals surface area contributed by atoms with Crippen LogP contribution >= 0.6 is 0 Å². The van der Waals surface area contributed by atoms with Crippen molar-refractivity contribution < 1.29 is 0 Å². The third kappa shape index (κ3) is 5.49. The highest BCUT2D eigenvalue weighted by Gasteiger charge is 2.18. The molecule has 11 rings (SSSR count). The van der Waals surface area contributed by atoms with E-state index in [2.05, 4.69) is 169 Å². The molecule has 0 radical (unpaired) electrons. The average molecular weight is 712 g/mol. The Bertz CT molecular complexity index is 3220. The van der Waals surface area contributed by atoms with Crippen LogP contribution in [0.4, 0.5) is 0 Å². The van der Waals surface area contributed by atoms with E-state index in [1.807, 2.05) is 30.5 Å². The van der Waals surface area contributed by atoms with E-state index in [1.165, 1.54) is 54.2 Å². The molecule has 11 aromatic rings. The molecule has 0 aliphatic rings. The Balaban J connectivity index is 1.17. The first-order valence-electron chi connectivity index (χ1n) is 19.0. The van der Waals surface area contributed by atoms with E-state index in [4.69, 9.17) is 9.97 Å². The Kier molecular flexibility index (Phi) is 7.49. The SMILES string of the molecule is c1ccc(-c2nc(-c3ccc(-c4cccnc4)cc3)cc(-c3cc(-c4cccc5ccccc45)cc(-c4cc5cccc6ccc7cccc4c7c65)c3)n2)cc1. The van der Waals surface area contributed by atoms with Crippen LogP contribution in [0.5, 0.6) is 0 Å². The van der Waals surface area contributed by atoms with Crippen LogP contribution < -0.4 is 0 Å². The van der Waals surface area contributed by atoms with Crippen LogP contribution in [0, 0.1) is 0 Å². The van der Waals surface area contributed by atoms with Gasteiger partial charge in [-0.25, -0.2) is 9.97 Å². The number of fused-ring (bicyclic) bond motifs is 1. The first-order valence-corrected chi connectivity index (χ1v) is 19.0. The molecule has 0 N–H and O–H groups in total. The van der Waals surface area contributed by atoms with E-state index in [9.17, 15) is 0 Å². The van der Waals surface area contributed by atoms with Gasteiger partial charge >= 0.3 is 0 Å². The molecule has 0 amide bonds. The summed E-state index contributed by atoms with van der Waals surface area (Å²) in [6.07, 6.45) is 3.70. The molecule has 0 saturated heterocycles. The fourth-order valence-corrected chi connectivity index (χ4v) is 8.39. The molecule has 3 heteroatoms. The molecule has 0 aliphatic heterocycles. The van der Waals surface area contributed by atoms with Crippen molar-refractivity contribution in [2.45, 2.75) is 0 Å². The van der Waals surface area contributed by atoms with Gasteiger partial charge in [0.2, 0.25) is 0 Å². The van der Waals surface area contributed by atoms with Crippen molar-refractivity contribution in [1.29, 1.82) is 0 Å². The third-order valence-electron chi connectivity index (χ3n) is 11.1. The normalized spacial score (nSPS) is 11.6. The second-order valence-electron chi connectivity index (χ2n) is 14.4. The highest BCUT2D eigenvalue weighted by molar-refractivity contribution is 6.26. The molecule has 0 atom stereocenters. The van der Waals surface area contributed by atoms with Gasteiger partial charge < -0.3 is 0 Å².